The Morgan fingerprint density at radius 3 is 2.28 bits per heavy atom. The summed E-state index contributed by atoms with van der Waals surface area (Å²) in [5, 5.41) is 13.6. The monoisotopic (exact) mass is 358 g/mol. The summed E-state index contributed by atoms with van der Waals surface area (Å²) in [5.41, 5.74) is 3.41. The van der Waals surface area contributed by atoms with Gasteiger partial charge < -0.3 is 5.32 Å². The highest BCUT2D eigenvalue weighted by Gasteiger charge is 2.10. The molecule has 1 N–H and O–H groups in total. The first-order valence-electron chi connectivity index (χ1n) is 8.19. The predicted molar refractivity (Wildman–Crippen MR) is 102 cm³/mol. The van der Waals surface area contributed by atoms with Gasteiger partial charge in [-0.1, -0.05) is 43.3 Å². The minimum Gasteiger partial charge on any atom is -0.349 e. The van der Waals surface area contributed by atoms with Gasteiger partial charge in [0.25, 0.3) is 5.69 Å². The van der Waals surface area contributed by atoms with Gasteiger partial charge in [-0.2, -0.15) is 0 Å². The predicted octanol–water partition coefficient (Wildman–Crippen LogP) is 4.27. The van der Waals surface area contributed by atoms with Gasteiger partial charge in [0.15, 0.2) is 0 Å². The quantitative estimate of drug-likeness (QED) is 0.565. The summed E-state index contributed by atoms with van der Waals surface area (Å²) in [7, 11) is 0. The van der Waals surface area contributed by atoms with Gasteiger partial charge in [0.1, 0.15) is 0 Å². The SMILES string of the molecule is CCc1ccc([C@@H](C)NC(=O)CSCc2ccc([N+](=O)[O-])cc2)cc1. The van der Waals surface area contributed by atoms with Crippen molar-refractivity contribution >= 4 is 23.4 Å². The van der Waals surface area contributed by atoms with E-state index in [1.165, 1.54) is 29.5 Å². The van der Waals surface area contributed by atoms with Gasteiger partial charge in [-0.05, 0) is 30.0 Å². The summed E-state index contributed by atoms with van der Waals surface area (Å²) in [5.74, 6) is 0.985. The summed E-state index contributed by atoms with van der Waals surface area (Å²) >= 11 is 1.49. The number of nitro benzene ring substituents is 1. The van der Waals surface area contributed by atoms with E-state index in [0.717, 1.165) is 17.5 Å². The summed E-state index contributed by atoms with van der Waals surface area (Å²) in [6.07, 6.45) is 1.00. The number of non-ortho nitro benzene ring substituents is 1. The van der Waals surface area contributed by atoms with Gasteiger partial charge in [0.2, 0.25) is 5.91 Å². The summed E-state index contributed by atoms with van der Waals surface area (Å²) < 4.78 is 0. The molecule has 1 atom stereocenters. The summed E-state index contributed by atoms with van der Waals surface area (Å²) in [6, 6.07) is 14.7. The molecule has 0 saturated heterocycles. The molecule has 0 aromatic heterocycles. The standard InChI is InChI=1S/C19H22N2O3S/c1-3-15-4-8-17(9-5-15)14(2)20-19(22)13-25-12-16-6-10-18(11-7-16)21(23)24/h4-11,14H,3,12-13H2,1-2H3,(H,20,22)/t14-/m1/s1. The topological polar surface area (TPSA) is 72.2 Å². The molecule has 0 spiro atoms. The minimum absolute atomic E-state index is 0.0148. The maximum atomic E-state index is 12.1. The Morgan fingerprint density at radius 2 is 1.72 bits per heavy atom. The third kappa shape index (κ3) is 5.90. The maximum Gasteiger partial charge on any atom is 0.269 e. The Morgan fingerprint density at radius 1 is 1.12 bits per heavy atom. The average molecular weight is 358 g/mol. The minimum atomic E-state index is -0.418. The van der Waals surface area contributed by atoms with E-state index in [1.807, 2.05) is 19.1 Å². The number of hydrogen-bond donors (Lipinski definition) is 1. The maximum absolute atomic E-state index is 12.1. The molecule has 0 unspecified atom stereocenters. The van der Waals surface area contributed by atoms with Crippen LogP contribution in [0.3, 0.4) is 0 Å². The van der Waals surface area contributed by atoms with Crippen molar-refractivity contribution in [1.29, 1.82) is 0 Å². The fourth-order valence-electron chi connectivity index (χ4n) is 2.38. The second-order valence-electron chi connectivity index (χ2n) is 5.80. The summed E-state index contributed by atoms with van der Waals surface area (Å²) in [6.45, 7) is 4.09. The molecule has 0 saturated carbocycles. The number of nitro groups is 1. The van der Waals surface area contributed by atoms with Gasteiger partial charge in [0.05, 0.1) is 16.7 Å². The Balaban J connectivity index is 1.76. The van der Waals surface area contributed by atoms with Crippen molar-refractivity contribution in [2.24, 2.45) is 0 Å². The Labute approximate surface area is 152 Å². The van der Waals surface area contributed by atoms with E-state index >= 15 is 0 Å². The lowest BCUT2D eigenvalue weighted by molar-refractivity contribution is -0.384. The van der Waals surface area contributed by atoms with E-state index in [0.29, 0.717) is 11.5 Å². The fraction of sp³-hybridized carbons (Fsp3) is 0.316. The molecule has 0 aliphatic rings. The van der Waals surface area contributed by atoms with E-state index in [4.69, 9.17) is 0 Å². The molecule has 2 aromatic rings. The highest BCUT2D eigenvalue weighted by Crippen LogP contribution is 2.18. The highest BCUT2D eigenvalue weighted by molar-refractivity contribution is 7.99. The van der Waals surface area contributed by atoms with Crippen LogP contribution in [-0.4, -0.2) is 16.6 Å². The third-order valence-electron chi connectivity index (χ3n) is 3.91. The lowest BCUT2D eigenvalue weighted by atomic mass is 10.1. The number of carbonyl (C=O) groups is 1. The zero-order valence-corrected chi connectivity index (χ0v) is 15.2. The van der Waals surface area contributed by atoms with E-state index in [-0.39, 0.29) is 17.6 Å². The van der Waals surface area contributed by atoms with Crippen LogP contribution in [0, 0.1) is 10.1 Å². The molecule has 132 valence electrons. The number of aryl methyl sites for hydroxylation is 1. The smallest absolute Gasteiger partial charge is 0.269 e. The zero-order chi connectivity index (χ0) is 18.2. The molecule has 6 heteroatoms. The average Bonchev–Trinajstić information content (AvgIpc) is 2.62. The normalized spacial score (nSPS) is 11.8. The van der Waals surface area contributed by atoms with Crippen LogP contribution in [0.1, 0.15) is 36.6 Å². The first-order chi connectivity index (χ1) is 12.0. The van der Waals surface area contributed by atoms with Gasteiger partial charge in [-0.25, -0.2) is 0 Å². The van der Waals surface area contributed by atoms with Gasteiger partial charge >= 0.3 is 0 Å². The second kappa shape index (κ2) is 9.22. The van der Waals surface area contributed by atoms with Crippen molar-refractivity contribution < 1.29 is 9.72 Å². The van der Waals surface area contributed by atoms with E-state index in [9.17, 15) is 14.9 Å². The molecule has 1 amide bonds. The number of carbonyl (C=O) groups excluding carboxylic acids is 1. The lowest BCUT2D eigenvalue weighted by Crippen LogP contribution is -2.28. The van der Waals surface area contributed by atoms with Gasteiger partial charge in [-0.15, -0.1) is 11.8 Å². The molecular weight excluding hydrogens is 336 g/mol. The Bertz CT molecular complexity index is 714. The van der Waals surface area contributed by atoms with Crippen molar-refractivity contribution in [1.82, 2.24) is 5.32 Å². The van der Waals surface area contributed by atoms with Crippen LogP contribution in [0.15, 0.2) is 48.5 Å². The first kappa shape index (κ1) is 19.0. The largest absolute Gasteiger partial charge is 0.349 e. The van der Waals surface area contributed by atoms with Gasteiger partial charge in [0, 0.05) is 17.9 Å². The van der Waals surface area contributed by atoms with Crippen LogP contribution in [0.25, 0.3) is 0 Å². The van der Waals surface area contributed by atoms with Crippen molar-refractivity contribution in [3.05, 3.63) is 75.3 Å². The second-order valence-corrected chi connectivity index (χ2v) is 6.79. The summed E-state index contributed by atoms with van der Waals surface area (Å²) in [4.78, 5) is 22.3. The number of nitrogens with zero attached hydrogens (tertiary/aromatic N) is 1. The van der Waals surface area contributed by atoms with Crippen LogP contribution < -0.4 is 5.32 Å². The van der Waals surface area contributed by atoms with E-state index < -0.39 is 4.92 Å². The van der Waals surface area contributed by atoms with E-state index in [2.05, 4.69) is 24.4 Å². The molecule has 0 aliphatic carbocycles. The van der Waals surface area contributed by atoms with Crippen LogP contribution in [0.2, 0.25) is 0 Å². The molecule has 0 bridgehead atoms. The molecule has 0 fully saturated rings. The molecule has 0 heterocycles. The lowest BCUT2D eigenvalue weighted by Gasteiger charge is -2.14. The van der Waals surface area contributed by atoms with Crippen LogP contribution in [0.5, 0.6) is 0 Å². The number of nitrogens with one attached hydrogen (secondary N) is 1. The Hall–Kier alpha value is -2.34. The molecule has 0 aliphatic heterocycles. The molecule has 2 rings (SSSR count). The van der Waals surface area contributed by atoms with Crippen molar-refractivity contribution in [2.45, 2.75) is 32.1 Å². The van der Waals surface area contributed by atoms with E-state index in [1.54, 1.807) is 12.1 Å². The fourth-order valence-corrected chi connectivity index (χ4v) is 3.18. The molecule has 5 nitrogen and oxygen atoms in total. The number of thioether (sulfide) groups is 1. The first-order valence-corrected chi connectivity index (χ1v) is 9.34. The van der Waals surface area contributed by atoms with Crippen LogP contribution in [-0.2, 0) is 17.0 Å². The number of benzene rings is 2. The number of hydrogen-bond acceptors (Lipinski definition) is 4. The molecule has 25 heavy (non-hydrogen) atoms. The van der Waals surface area contributed by atoms with Crippen molar-refractivity contribution in [3.63, 3.8) is 0 Å². The van der Waals surface area contributed by atoms with Gasteiger partial charge in [-0.3, -0.25) is 14.9 Å². The Kier molecular flexibility index (Phi) is 7.01. The molecule has 2 aromatic carbocycles. The zero-order valence-electron chi connectivity index (χ0n) is 14.4. The molecular formula is C19H22N2O3S. The van der Waals surface area contributed by atoms with Crippen LogP contribution in [0.4, 0.5) is 5.69 Å². The van der Waals surface area contributed by atoms with Crippen molar-refractivity contribution in [2.75, 3.05) is 5.75 Å². The molecule has 0 radical (unpaired) electrons. The van der Waals surface area contributed by atoms with Crippen molar-refractivity contribution in [3.8, 4) is 0 Å². The highest BCUT2D eigenvalue weighted by atomic mass is 32.2. The van der Waals surface area contributed by atoms with Crippen LogP contribution >= 0.6 is 11.8 Å². The number of amides is 1. The number of rotatable bonds is 8. The third-order valence-corrected chi connectivity index (χ3v) is 4.92.